The molecule has 0 saturated carbocycles. The van der Waals surface area contributed by atoms with Crippen molar-refractivity contribution < 1.29 is 4.79 Å². The van der Waals surface area contributed by atoms with Gasteiger partial charge in [0.15, 0.2) is 0 Å². The third-order valence-corrected chi connectivity index (χ3v) is 3.56. The van der Waals surface area contributed by atoms with Gasteiger partial charge in [-0.3, -0.25) is 4.79 Å². The Morgan fingerprint density at radius 1 is 1.41 bits per heavy atom. The van der Waals surface area contributed by atoms with Gasteiger partial charge in [0.05, 0.1) is 31.1 Å². The number of benzene rings is 1. The summed E-state index contributed by atoms with van der Waals surface area (Å²) >= 11 is 11.9. The molecule has 5 nitrogen and oxygen atoms in total. The molecule has 0 aliphatic heterocycles. The quantitative estimate of drug-likeness (QED) is 0.906. The summed E-state index contributed by atoms with van der Waals surface area (Å²) in [6, 6.07) is 8.84. The highest BCUT2D eigenvalue weighted by molar-refractivity contribution is 6.35. The number of nitrogens with zero attached hydrogens (tertiary/aromatic N) is 3. The molecule has 1 amide bonds. The van der Waals surface area contributed by atoms with Gasteiger partial charge in [-0.1, -0.05) is 29.3 Å². The minimum Gasteiger partial charge on any atom is -0.311 e. The number of nitriles is 1. The van der Waals surface area contributed by atoms with Crippen LogP contribution in [0.15, 0.2) is 24.3 Å². The van der Waals surface area contributed by atoms with Crippen LogP contribution in [0, 0.1) is 18.3 Å². The lowest BCUT2D eigenvalue weighted by Crippen LogP contribution is -2.18. The lowest BCUT2D eigenvalue weighted by Gasteiger charge is -2.08. The van der Waals surface area contributed by atoms with E-state index in [1.54, 1.807) is 28.9 Å². The summed E-state index contributed by atoms with van der Waals surface area (Å²) in [5.41, 5.74) is 1.47. The van der Waals surface area contributed by atoms with Crippen LogP contribution in [0.5, 0.6) is 0 Å². The minimum atomic E-state index is -0.206. The Hall–Kier alpha value is -2.03. The fourth-order valence-corrected chi connectivity index (χ4v) is 2.47. The Bertz CT molecular complexity index is 734. The summed E-state index contributed by atoms with van der Waals surface area (Å²) in [6.45, 7) is 2.26. The van der Waals surface area contributed by atoms with E-state index in [2.05, 4.69) is 16.5 Å². The Balaban J connectivity index is 2.07. The number of hydrogen-bond acceptors (Lipinski definition) is 3. The second-order valence-electron chi connectivity index (χ2n) is 4.76. The van der Waals surface area contributed by atoms with Crippen LogP contribution in [0.4, 0.5) is 5.82 Å². The van der Waals surface area contributed by atoms with Crippen molar-refractivity contribution in [2.75, 3.05) is 5.32 Å². The first-order chi connectivity index (χ1) is 10.5. The minimum absolute atomic E-state index is 0.137. The van der Waals surface area contributed by atoms with E-state index in [1.807, 2.05) is 6.92 Å². The number of anilines is 1. The van der Waals surface area contributed by atoms with E-state index in [1.165, 1.54) is 0 Å². The molecule has 7 heteroatoms. The molecule has 0 fully saturated rings. The van der Waals surface area contributed by atoms with Crippen molar-refractivity contribution in [2.24, 2.45) is 0 Å². The van der Waals surface area contributed by atoms with Gasteiger partial charge >= 0.3 is 0 Å². The number of hydrogen-bond donors (Lipinski definition) is 1. The molecule has 2 aromatic rings. The standard InChI is InChI=1S/C15H14Cl2N4O/c1-10-7-14(21(20-10)6-2-5-18)19-15(22)8-11-3-4-12(16)9-13(11)17/h3-4,7,9H,2,6,8H2,1H3,(H,19,22). The van der Waals surface area contributed by atoms with Crippen molar-refractivity contribution >= 4 is 34.9 Å². The first kappa shape index (κ1) is 16.3. The Morgan fingerprint density at radius 3 is 2.86 bits per heavy atom. The summed E-state index contributed by atoms with van der Waals surface area (Å²) in [4.78, 5) is 12.1. The van der Waals surface area contributed by atoms with Crippen LogP contribution >= 0.6 is 23.2 Å². The van der Waals surface area contributed by atoms with Crippen molar-refractivity contribution in [3.05, 3.63) is 45.6 Å². The van der Waals surface area contributed by atoms with E-state index in [0.717, 1.165) is 5.69 Å². The number of carbonyl (C=O) groups is 1. The van der Waals surface area contributed by atoms with Crippen molar-refractivity contribution in [1.82, 2.24) is 9.78 Å². The van der Waals surface area contributed by atoms with Gasteiger partial charge in [0.25, 0.3) is 0 Å². The maximum atomic E-state index is 12.1. The number of aromatic nitrogens is 2. The van der Waals surface area contributed by atoms with Crippen molar-refractivity contribution in [3.8, 4) is 6.07 Å². The van der Waals surface area contributed by atoms with Crippen LogP contribution < -0.4 is 5.32 Å². The third kappa shape index (κ3) is 4.23. The van der Waals surface area contributed by atoms with Crippen LogP contribution in [0.3, 0.4) is 0 Å². The molecule has 0 radical (unpaired) electrons. The Kier molecular flexibility index (Phi) is 5.42. The second kappa shape index (κ2) is 7.30. The van der Waals surface area contributed by atoms with Crippen LogP contribution in [0.2, 0.25) is 10.0 Å². The van der Waals surface area contributed by atoms with E-state index >= 15 is 0 Å². The molecule has 1 heterocycles. The molecule has 2 rings (SSSR count). The van der Waals surface area contributed by atoms with Crippen molar-refractivity contribution in [3.63, 3.8) is 0 Å². The predicted molar refractivity (Wildman–Crippen MR) is 86.0 cm³/mol. The first-order valence-corrected chi connectivity index (χ1v) is 7.40. The van der Waals surface area contributed by atoms with Crippen molar-refractivity contribution in [1.29, 1.82) is 5.26 Å². The fraction of sp³-hybridized carbons (Fsp3) is 0.267. The molecule has 114 valence electrons. The van der Waals surface area contributed by atoms with Crippen LogP contribution in [-0.4, -0.2) is 15.7 Å². The monoisotopic (exact) mass is 336 g/mol. The number of carbonyl (C=O) groups excluding carboxylic acids is 1. The van der Waals surface area contributed by atoms with Gasteiger partial charge in [-0.2, -0.15) is 10.4 Å². The van der Waals surface area contributed by atoms with E-state index in [9.17, 15) is 4.79 Å². The smallest absolute Gasteiger partial charge is 0.229 e. The Morgan fingerprint density at radius 2 is 2.18 bits per heavy atom. The molecule has 1 aromatic heterocycles. The topological polar surface area (TPSA) is 70.7 Å². The highest BCUT2D eigenvalue weighted by atomic mass is 35.5. The molecule has 0 bridgehead atoms. The van der Waals surface area contributed by atoms with E-state index < -0.39 is 0 Å². The number of rotatable bonds is 5. The molecular weight excluding hydrogens is 323 g/mol. The van der Waals surface area contributed by atoms with Crippen LogP contribution in [0.1, 0.15) is 17.7 Å². The summed E-state index contributed by atoms with van der Waals surface area (Å²) < 4.78 is 1.61. The van der Waals surface area contributed by atoms with Gasteiger partial charge in [0, 0.05) is 16.1 Å². The molecule has 0 spiro atoms. The number of amides is 1. The van der Waals surface area contributed by atoms with Gasteiger partial charge in [0.1, 0.15) is 5.82 Å². The van der Waals surface area contributed by atoms with Gasteiger partial charge < -0.3 is 5.32 Å². The lowest BCUT2D eigenvalue weighted by molar-refractivity contribution is -0.115. The van der Waals surface area contributed by atoms with Crippen molar-refractivity contribution in [2.45, 2.75) is 26.3 Å². The zero-order valence-electron chi connectivity index (χ0n) is 11.9. The highest BCUT2D eigenvalue weighted by Gasteiger charge is 2.11. The maximum absolute atomic E-state index is 12.1. The molecule has 0 aliphatic carbocycles. The summed E-state index contributed by atoms with van der Waals surface area (Å²) in [7, 11) is 0. The number of halogens is 2. The van der Waals surface area contributed by atoms with Gasteiger partial charge in [0.2, 0.25) is 5.91 Å². The lowest BCUT2D eigenvalue weighted by atomic mass is 10.1. The second-order valence-corrected chi connectivity index (χ2v) is 5.61. The molecular formula is C15H14Cl2N4O. The number of nitrogens with one attached hydrogen (secondary N) is 1. The van der Waals surface area contributed by atoms with Gasteiger partial charge in [-0.05, 0) is 24.6 Å². The zero-order chi connectivity index (χ0) is 16.1. The van der Waals surface area contributed by atoms with Crippen LogP contribution in [-0.2, 0) is 17.8 Å². The van der Waals surface area contributed by atoms with E-state index in [-0.39, 0.29) is 12.3 Å². The molecule has 0 unspecified atom stereocenters. The Labute approximate surface area is 138 Å². The largest absolute Gasteiger partial charge is 0.311 e. The third-order valence-electron chi connectivity index (χ3n) is 2.97. The average molecular weight is 337 g/mol. The molecule has 1 aromatic carbocycles. The SMILES string of the molecule is Cc1cc(NC(=O)Cc2ccc(Cl)cc2Cl)n(CCC#N)n1. The van der Waals surface area contributed by atoms with E-state index in [0.29, 0.717) is 34.4 Å². The average Bonchev–Trinajstić information content (AvgIpc) is 2.79. The molecule has 1 N–H and O–H groups in total. The first-order valence-electron chi connectivity index (χ1n) is 6.65. The zero-order valence-corrected chi connectivity index (χ0v) is 13.4. The normalized spacial score (nSPS) is 10.3. The fourth-order valence-electron chi connectivity index (χ4n) is 2.00. The van der Waals surface area contributed by atoms with Gasteiger partial charge in [-0.25, -0.2) is 4.68 Å². The maximum Gasteiger partial charge on any atom is 0.229 e. The molecule has 22 heavy (non-hydrogen) atoms. The van der Waals surface area contributed by atoms with Gasteiger partial charge in [-0.15, -0.1) is 0 Å². The molecule has 0 aliphatic rings. The predicted octanol–water partition coefficient (Wildman–Crippen LogP) is 3.59. The summed E-state index contributed by atoms with van der Waals surface area (Å²) in [5.74, 6) is 0.366. The number of aryl methyl sites for hydroxylation is 2. The van der Waals surface area contributed by atoms with Crippen LogP contribution in [0.25, 0.3) is 0 Å². The van der Waals surface area contributed by atoms with E-state index in [4.69, 9.17) is 28.5 Å². The summed E-state index contributed by atoms with van der Waals surface area (Å²) in [6.07, 6.45) is 0.464. The molecule has 0 atom stereocenters. The highest BCUT2D eigenvalue weighted by Crippen LogP contribution is 2.22. The summed E-state index contributed by atoms with van der Waals surface area (Å²) in [5, 5.41) is 16.7. The molecule has 0 saturated heterocycles.